The first kappa shape index (κ1) is 35.5. The van der Waals surface area contributed by atoms with Crippen molar-refractivity contribution in [3.8, 4) is 0 Å². The van der Waals surface area contributed by atoms with Gasteiger partial charge in [0, 0.05) is 23.0 Å². The first-order valence-corrected chi connectivity index (χ1v) is 17.6. The van der Waals surface area contributed by atoms with Crippen molar-refractivity contribution in [3.63, 3.8) is 0 Å². The number of nitrogens with one attached hydrogen (secondary N) is 1. The second kappa shape index (κ2) is 15.0. The van der Waals surface area contributed by atoms with Crippen LogP contribution < -0.4 is 9.62 Å². The molecule has 11 heteroatoms. The van der Waals surface area contributed by atoms with Gasteiger partial charge in [-0.25, -0.2) is 8.42 Å². The Morgan fingerprint density at radius 3 is 2.09 bits per heavy atom. The molecule has 2 amide bonds. The molecule has 0 aromatic heterocycles. The molecule has 0 unspecified atom stereocenters. The van der Waals surface area contributed by atoms with Gasteiger partial charge in [0.1, 0.15) is 12.6 Å². The summed E-state index contributed by atoms with van der Waals surface area (Å²) in [6.07, 6.45) is 0.202. The fraction of sp³-hybridized carbons (Fsp3) is 0.257. The third-order valence-corrected chi connectivity index (χ3v) is 10.2. The highest BCUT2D eigenvalue weighted by Gasteiger charge is 2.36. The molecule has 0 fully saturated rings. The van der Waals surface area contributed by atoms with Crippen LogP contribution in [-0.2, 0) is 32.6 Å². The van der Waals surface area contributed by atoms with Gasteiger partial charge in [0.15, 0.2) is 0 Å². The zero-order chi connectivity index (χ0) is 33.6. The Balaban J connectivity index is 1.84. The molecule has 7 nitrogen and oxygen atoms in total. The third-order valence-electron chi connectivity index (χ3n) is 7.12. The molecule has 4 rings (SSSR count). The van der Waals surface area contributed by atoms with E-state index < -0.39 is 34.1 Å². The quantitative estimate of drug-likeness (QED) is 0.170. The lowest BCUT2D eigenvalue weighted by molar-refractivity contribution is -0.140. The van der Waals surface area contributed by atoms with Crippen LogP contribution in [0, 0.1) is 6.92 Å². The lowest BCUT2D eigenvalue weighted by Crippen LogP contribution is -2.56. The van der Waals surface area contributed by atoms with Gasteiger partial charge in [-0.1, -0.05) is 105 Å². The maximum atomic E-state index is 14.6. The van der Waals surface area contributed by atoms with Gasteiger partial charge < -0.3 is 10.2 Å². The number of hydrogen-bond donors (Lipinski definition) is 1. The highest BCUT2D eigenvalue weighted by Crippen LogP contribution is 2.36. The van der Waals surface area contributed by atoms with E-state index in [1.807, 2.05) is 82.3 Å². The Labute approximate surface area is 289 Å². The second-order valence-electron chi connectivity index (χ2n) is 12.0. The number of nitrogens with zero attached hydrogens (tertiary/aromatic N) is 2. The van der Waals surface area contributed by atoms with E-state index in [1.165, 1.54) is 23.1 Å². The molecule has 0 saturated carbocycles. The average molecular weight is 746 g/mol. The summed E-state index contributed by atoms with van der Waals surface area (Å²) in [4.78, 5) is 30.0. The molecule has 0 bridgehead atoms. The van der Waals surface area contributed by atoms with Crippen LogP contribution in [0.1, 0.15) is 37.5 Å². The third kappa shape index (κ3) is 9.12. The molecule has 0 aliphatic rings. The predicted octanol–water partition coefficient (Wildman–Crippen LogP) is 7.81. The minimum atomic E-state index is -4.31. The van der Waals surface area contributed by atoms with Crippen LogP contribution in [0.25, 0.3) is 0 Å². The van der Waals surface area contributed by atoms with Crippen LogP contribution in [0.3, 0.4) is 0 Å². The summed E-state index contributed by atoms with van der Waals surface area (Å²) in [5.41, 5.74) is 1.93. The predicted molar refractivity (Wildman–Crippen MR) is 189 cm³/mol. The minimum Gasteiger partial charge on any atom is -0.350 e. The molecule has 242 valence electrons. The maximum absolute atomic E-state index is 14.6. The molecule has 0 aliphatic heterocycles. The number of hydrogen-bond acceptors (Lipinski definition) is 4. The lowest BCUT2D eigenvalue weighted by Gasteiger charge is -2.35. The number of anilines is 1. The SMILES string of the molecule is Cc1ccc(S(=O)(=O)N(CC(=O)N(Cc2ccc(Br)cc2)[C@H](Cc2ccccc2)C(=O)NC(C)(C)C)c2cccc(Cl)c2Cl)cc1. The van der Waals surface area contributed by atoms with Gasteiger partial charge in [0.05, 0.1) is 20.6 Å². The molecule has 46 heavy (non-hydrogen) atoms. The van der Waals surface area contributed by atoms with E-state index in [0.717, 1.165) is 25.5 Å². The summed E-state index contributed by atoms with van der Waals surface area (Å²) >= 11 is 16.4. The molecule has 0 saturated heterocycles. The first-order chi connectivity index (χ1) is 21.7. The van der Waals surface area contributed by atoms with Crippen LogP contribution in [0.5, 0.6) is 0 Å². The second-order valence-corrected chi connectivity index (χ2v) is 15.6. The molecule has 1 atom stereocenters. The van der Waals surface area contributed by atoms with Gasteiger partial charge in [-0.05, 0) is 75.2 Å². The Kier molecular flexibility index (Phi) is 11.6. The topological polar surface area (TPSA) is 86.8 Å². The summed E-state index contributed by atoms with van der Waals surface area (Å²) in [5, 5.41) is 3.14. The standard InChI is InChI=1S/C35H36BrCl2N3O4S/c1-24-13-19-28(20-14-24)46(44,45)41(30-12-8-11-29(37)33(30)38)23-32(42)40(22-26-15-17-27(36)18-16-26)31(34(43)39-35(2,3)4)21-25-9-6-5-7-10-25/h5-20,31H,21-23H2,1-4H3,(H,39,43)/t31-/m1/s1. The summed E-state index contributed by atoms with van der Waals surface area (Å²) in [5.74, 6) is -0.963. The fourth-order valence-electron chi connectivity index (χ4n) is 4.83. The van der Waals surface area contributed by atoms with Crippen LogP contribution in [0.4, 0.5) is 5.69 Å². The van der Waals surface area contributed by atoms with Crippen molar-refractivity contribution in [1.29, 1.82) is 0 Å². The zero-order valence-corrected chi connectivity index (χ0v) is 29.9. The molecular weight excluding hydrogens is 709 g/mol. The van der Waals surface area contributed by atoms with Gasteiger partial charge in [0.2, 0.25) is 11.8 Å². The van der Waals surface area contributed by atoms with E-state index in [1.54, 1.807) is 24.3 Å². The number of halogens is 3. The first-order valence-electron chi connectivity index (χ1n) is 14.6. The summed E-state index contributed by atoms with van der Waals surface area (Å²) < 4.78 is 30.2. The average Bonchev–Trinajstić information content (AvgIpc) is 3.00. The largest absolute Gasteiger partial charge is 0.350 e. The van der Waals surface area contributed by atoms with E-state index in [4.69, 9.17) is 23.2 Å². The van der Waals surface area contributed by atoms with Gasteiger partial charge in [-0.15, -0.1) is 0 Å². The molecule has 0 aliphatic carbocycles. The number of carbonyl (C=O) groups is 2. The highest BCUT2D eigenvalue weighted by molar-refractivity contribution is 9.10. The number of benzene rings is 4. The Morgan fingerprint density at radius 1 is 0.848 bits per heavy atom. The number of rotatable bonds is 11. The Bertz CT molecular complexity index is 1780. The van der Waals surface area contributed by atoms with E-state index in [9.17, 15) is 18.0 Å². The molecule has 4 aromatic rings. The molecule has 0 heterocycles. The van der Waals surface area contributed by atoms with Gasteiger partial charge in [-0.2, -0.15) is 0 Å². The minimum absolute atomic E-state index is 0.0153. The van der Waals surface area contributed by atoms with E-state index in [0.29, 0.717) is 0 Å². The van der Waals surface area contributed by atoms with Crippen molar-refractivity contribution < 1.29 is 18.0 Å². The normalized spacial score (nSPS) is 12.3. The molecule has 4 aromatic carbocycles. The van der Waals surface area contributed by atoms with Crippen molar-refractivity contribution in [2.24, 2.45) is 0 Å². The lowest BCUT2D eigenvalue weighted by atomic mass is 10.0. The molecular formula is C35H36BrCl2N3O4S. The number of amides is 2. The van der Waals surface area contributed by atoms with Gasteiger partial charge in [0.25, 0.3) is 10.0 Å². The van der Waals surface area contributed by atoms with Gasteiger partial charge in [-0.3, -0.25) is 13.9 Å². The van der Waals surface area contributed by atoms with Crippen LogP contribution in [0.2, 0.25) is 10.0 Å². The van der Waals surface area contributed by atoms with Crippen LogP contribution in [-0.4, -0.2) is 43.3 Å². The van der Waals surface area contributed by atoms with Crippen molar-refractivity contribution in [2.45, 2.75) is 57.1 Å². The summed E-state index contributed by atoms with van der Waals surface area (Å²) in [7, 11) is -4.31. The number of sulfonamides is 1. The smallest absolute Gasteiger partial charge is 0.264 e. The molecule has 0 spiro atoms. The van der Waals surface area contributed by atoms with Crippen molar-refractivity contribution in [3.05, 3.63) is 128 Å². The van der Waals surface area contributed by atoms with Crippen molar-refractivity contribution in [2.75, 3.05) is 10.8 Å². The van der Waals surface area contributed by atoms with Crippen molar-refractivity contribution >= 4 is 66.7 Å². The Morgan fingerprint density at radius 2 is 1.48 bits per heavy atom. The molecule has 1 N–H and O–H groups in total. The summed E-state index contributed by atoms with van der Waals surface area (Å²) in [6.45, 7) is 6.85. The number of aryl methyl sites for hydroxylation is 1. The van der Waals surface area contributed by atoms with Crippen LogP contribution in [0.15, 0.2) is 106 Å². The maximum Gasteiger partial charge on any atom is 0.264 e. The zero-order valence-electron chi connectivity index (χ0n) is 26.0. The number of carbonyl (C=O) groups excluding carboxylic acids is 2. The van der Waals surface area contributed by atoms with E-state index >= 15 is 0 Å². The van der Waals surface area contributed by atoms with Crippen LogP contribution >= 0.6 is 39.1 Å². The fourth-order valence-corrected chi connectivity index (χ4v) is 6.97. The van der Waals surface area contributed by atoms with Gasteiger partial charge >= 0.3 is 0 Å². The van der Waals surface area contributed by atoms with E-state index in [2.05, 4.69) is 21.2 Å². The molecule has 0 radical (unpaired) electrons. The monoisotopic (exact) mass is 743 g/mol. The highest BCUT2D eigenvalue weighted by atomic mass is 79.9. The van der Waals surface area contributed by atoms with E-state index in [-0.39, 0.29) is 39.5 Å². The Hall–Kier alpha value is -3.37. The summed E-state index contributed by atoms with van der Waals surface area (Å²) in [6, 6.07) is 26.7. The van der Waals surface area contributed by atoms with Crippen molar-refractivity contribution in [1.82, 2.24) is 10.2 Å².